The Bertz CT molecular complexity index is 318. The Morgan fingerprint density at radius 1 is 1.54 bits per heavy atom. The largest absolute Gasteiger partial charge is 0.490 e. The minimum Gasteiger partial charge on any atom is -0.490 e. The molecule has 1 aliphatic heterocycles. The molecule has 0 saturated heterocycles. The van der Waals surface area contributed by atoms with Gasteiger partial charge in [-0.2, -0.15) is 0 Å². The average Bonchev–Trinajstić information content (AvgIpc) is 2.42. The van der Waals surface area contributed by atoms with Gasteiger partial charge in [-0.3, -0.25) is 0 Å². The molecule has 0 radical (unpaired) electrons. The lowest BCUT2D eigenvalue weighted by molar-refractivity contribution is 0.199. The van der Waals surface area contributed by atoms with Gasteiger partial charge in [0.1, 0.15) is 11.9 Å². The molecule has 2 nitrogen and oxygen atoms in total. The van der Waals surface area contributed by atoms with Crippen molar-refractivity contribution >= 4 is 0 Å². The third-order valence-electron chi connectivity index (χ3n) is 2.40. The first kappa shape index (κ1) is 8.57. The van der Waals surface area contributed by atoms with E-state index >= 15 is 0 Å². The summed E-state index contributed by atoms with van der Waals surface area (Å²) in [6.07, 6.45) is 0.844. The number of hydrogen-bond donors (Lipinski definition) is 1. The fraction of sp³-hybridized carbons (Fsp3) is 0.455. The molecule has 0 saturated carbocycles. The van der Waals surface area contributed by atoms with Gasteiger partial charge in [0, 0.05) is 6.42 Å². The van der Waals surface area contributed by atoms with Crippen molar-refractivity contribution in [2.45, 2.75) is 32.5 Å². The Hall–Kier alpha value is -1.02. The molecule has 1 aliphatic rings. The summed E-state index contributed by atoms with van der Waals surface area (Å²) in [5, 5.41) is 9.38. The third kappa shape index (κ3) is 1.54. The van der Waals surface area contributed by atoms with Crippen LogP contribution in [0.4, 0.5) is 0 Å². The van der Waals surface area contributed by atoms with E-state index in [0.717, 1.165) is 17.7 Å². The maximum atomic E-state index is 9.38. The van der Waals surface area contributed by atoms with Gasteiger partial charge in [0.05, 0.1) is 6.10 Å². The molecular formula is C11H14O2. The van der Waals surface area contributed by atoms with E-state index in [2.05, 4.69) is 6.92 Å². The van der Waals surface area contributed by atoms with Gasteiger partial charge in [0.25, 0.3) is 0 Å². The maximum Gasteiger partial charge on any atom is 0.123 e. The van der Waals surface area contributed by atoms with Crippen LogP contribution in [0.15, 0.2) is 18.2 Å². The van der Waals surface area contributed by atoms with Crippen molar-refractivity contribution in [2.24, 2.45) is 0 Å². The highest BCUT2D eigenvalue weighted by atomic mass is 16.5. The summed E-state index contributed by atoms with van der Waals surface area (Å²) in [6.45, 7) is 3.84. The van der Waals surface area contributed by atoms with Crippen molar-refractivity contribution in [1.82, 2.24) is 0 Å². The normalized spacial score (nSPS) is 22.2. The van der Waals surface area contributed by atoms with E-state index < -0.39 is 0 Å². The van der Waals surface area contributed by atoms with Crippen molar-refractivity contribution in [3.8, 4) is 5.75 Å². The van der Waals surface area contributed by atoms with Crippen LogP contribution >= 0.6 is 0 Å². The minimum atomic E-state index is -0.388. The van der Waals surface area contributed by atoms with Crippen LogP contribution in [0, 0.1) is 0 Å². The molecule has 1 N–H and O–H groups in total. The van der Waals surface area contributed by atoms with Gasteiger partial charge in [-0.1, -0.05) is 6.07 Å². The Balaban J connectivity index is 2.35. The van der Waals surface area contributed by atoms with Crippen LogP contribution in [0.5, 0.6) is 5.75 Å². The molecule has 1 aromatic rings. The molecule has 0 aromatic heterocycles. The van der Waals surface area contributed by atoms with Crippen LogP contribution in [0.3, 0.4) is 0 Å². The molecule has 1 aromatic carbocycles. The number of ether oxygens (including phenoxy) is 1. The summed E-state index contributed by atoms with van der Waals surface area (Å²) < 4.78 is 5.56. The molecule has 0 bridgehead atoms. The van der Waals surface area contributed by atoms with Crippen LogP contribution in [-0.4, -0.2) is 11.2 Å². The van der Waals surface area contributed by atoms with Gasteiger partial charge in [0.15, 0.2) is 0 Å². The second kappa shape index (κ2) is 3.04. The van der Waals surface area contributed by atoms with Crippen LogP contribution in [-0.2, 0) is 6.42 Å². The fourth-order valence-electron chi connectivity index (χ4n) is 1.70. The van der Waals surface area contributed by atoms with Gasteiger partial charge >= 0.3 is 0 Å². The number of aliphatic hydroxyl groups is 1. The van der Waals surface area contributed by atoms with E-state index in [1.54, 1.807) is 6.92 Å². The van der Waals surface area contributed by atoms with E-state index in [1.165, 1.54) is 5.56 Å². The molecule has 1 heterocycles. The Morgan fingerprint density at radius 3 is 3.00 bits per heavy atom. The van der Waals surface area contributed by atoms with Gasteiger partial charge in [-0.15, -0.1) is 0 Å². The molecule has 0 fully saturated rings. The predicted molar refractivity (Wildman–Crippen MR) is 50.9 cm³/mol. The van der Waals surface area contributed by atoms with E-state index in [1.807, 2.05) is 18.2 Å². The van der Waals surface area contributed by atoms with Crippen molar-refractivity contribution in [3.05, 3.63) is 29.3 Å². The van der Waals surface area contributed by atoms with E-state index in [-0.39, 0.29) is 12.2 Å². The maximum absolute atomic E-state index is 9.38. The zero-order valence-corrected chi connectivity index (χ0v) is 7.95. The summed E-state index contributed by atoms with van der Waals surface area (Å²) in [6, 6.07) is 5.89. The average molecular weight is 178 g/mol. The Kier molecular flexibility index (Phi) is 2.00. The van der Waals surface area contributed by atoms with Crippen molar-refractivity contribution < 1.29 is 9.84 Å². The first-order valence-electron chi connectivity index (χ1n) is 4.64. The number of benzene rings is 1. The lowest BCUT2D eigenvalue weighted by Gasteiger charge is -2.06. The molecule has 1 unspecified atom stereocenters. The van der Waals surface area contributed by atoms with Crippen molar-refractivity contribution in [3.63, 3.8) is 0 Å². The number of rotatable bonds is 1. The summed E-state index contributed by atoms with van der Waals surface area (Å²) in [5.41, 5.74) is 2.18. The van der Waals surface area contributed by atoms with Crippen molar-refractivity contribution in [2.75, 3.05) is 0 Å². The summed E-state index contributed by atoms with van der Waals surface area (Å²) in [4.78, 5) is 0. The third-order valence-corrected chi connectivity index (χ3v) is 2.40. The second-order valence-electron chi connectivity index (χ2n) is 3.68. The highest BCUT2D eigenvalue weighted by Gasteiger charge is 2.19. The van der Waals surface area contributed by atoms with Crippen molar-refractivity contribution in [1.29, 1.82) is 0 Å². The molecule has 2 rings (SSSR count). The molecule has 0 aliphatic carbocycles. The standard InChI is InChI=1S/C11H14O2/c1-7-5-10-6-9(8(2)12)3-4-11(10)13-7/h3-4,6-8,12H,5H2,1-2H3/t7?,8-/m0/s1. The molecule has 0 spiro atoms. The predicted octanol–water partition coefficient (Wildman–Crippen LogP) is 2.06. The first-order chi connectivity index (χ1) is 6.16. The second-order valence-corrected chi connectivity index (χ2v) is 3.68. The van der Waals surface area contributed by atoms with Gasteiger partial charge in [-0.25, -0.2) is 0 Å². The summed E-state index contributed by atoms with van der Waals surface area (Å²) in [5.74, 6) is 0.969. The molecule has 2 atom stereocenters. The van der Waals surface area contributed by atoms with E-state index in [9.17, 15) is 5.11 Å². The minimum absolute atomic E-state index is 0.277. The van der Waals surface area contributed by atoms with Gasteiger partial charge in [-0.05, 0) is 37.1 Å². The summed E-state index contributed by atoms with van der Waals surface area (Å²) >= 11 is 0. The lowest BCUT2D eigenvalue weighted by atomic mass is 10.0. The highest BCUT2D eigenvalue weighted by molar-refractivity contribution is 5.41. The van der Waals surface area contributed by atoms with Crippen LogP contribution in [0.25, 0.3) is 0 Å². The summed E-state index contributed by atoms with van der Waals surface area (Å²) in [7, 11) is 0. The fourth-order valence-corrected chi connectivity index (χ4v) is 1.70. The molecule has 70 valence electrons. The number of hydrogen-bond acceptors (Lipinski definition) is 2. The molecule has 0 amide bonds. The lowest BCUT2D eigenvalue weighted by Crippen LogP contribution is -2.05. The van der Waals surface area contributed by atoms with Crippen LogP contribution < -0.4 is 4.74 Å². The topological polar surface area (TPSA) is 29.5 Å². The van der Waals surface area contributed by atoms with Gasteiger partial charge < -0.3 is 9.84 Å². The first-order valence-corrected chi connectivity index (χ1v) is 4.64. The number of aliphatic hydroxyl groups excluding tert-OH is 1. The highest BCUT2D eigenvalue weighted by Crippen LogP contribution is 2.30. The molecular weight excluding hydrogens is 164 g/mol. The molecule has 2 heteroatoms. The van der Waals surface area contributed by atoms with Crippen LogP contribution in [0.2, 0.25) is 0 Å². The number of fused-ring (bicyclic) bond motifs is 1. The van der Waals surface area contributed by atoms with Crippen LogP contribution in [0.1, 0.15) is 31.1 Å². The Labute approximate surface area is 78.2 Å². The zero-order chi connectivity index (χ0) is 9.42. The van der Waals surface area contributed by atoms with E-state index in [4.69, 9.17) is 4.74 Å². The molecule has 13 heavy (non-hydrogen) atoms. The van der Waals surface area contributed by atoms with E-state index in [0.29, 0.717) is 0 Å². The van der Waals surface area contributed by atoms with Gasteiger partial charge in [0.2, 0.25) is 0 Å². The quantitative estimate of drug-likeness (QED) is 0.713. The zero-order valence-electron chi connectivity index (χ0n) is 7.95. The Morgan fingerprint density at radius 2 is 2.31 bits per heavy atom. The smallest absolute Gasteiger partial charge is 0.123 e. The SMILES string of the molecule is CC1Cc2cc([C@H](C)O)ccc2O1. The monoisotopic (exact) mass is 178 g/mol.